The molecule has 0 aliphatic carbocycles. The van der Waals surface area contributed by atoms with Crippen molar-refractivity contribution in [3.63, 3.8) is 0 Å². The lowest BCUT2D eigenvalue weighted by atomic mass is 9.94. The van der Waals surface area contributed by atoms with Crippen LogP contribution in [0.3, 0.4) is 0 Å². The summed E-state index contributed by atoms with van der Waals surface area (Å²) in [5.41, 5.74) is 4.03. The fourth-order valence-corrected chi connectivity index (χ4v) is 5.30. The molecule has 2 aromatic carbocycles. The molecular formula is C26H35NO. The van der Waals surface area contributed by atoms with E-state index in [1.807, 2.05) is 0 Å². The molecule has 2 unspecified atom stereocenters. The summed E-state index contributed by atoms with van der Waals surface area (Å²) in [6.45, 7) is 5.82. The van der Waals surface area contributed by atoms with Gasteiger partial charge in [0.2, 0.25) is 0 Å². The van der Waals surface area contributed by atoms with Crippen molar-refractivity contribution in [3.05, 3.63) is 71.3 Å². The summed E-state index contributed by atoms with van der Waals surface area (Å²) in [5.74, 6) is 0. The van der Waals surface area contributed by atoms with Gasteiger partial charge >= 0.3 is 0 Å². The van der Waals surface area contributed by atoms with Gasteiger partial charge in [0, 0.05) is 12.1 Å². The first-order valence-electron chi connectivity index (χ1n) is 11.3. The molecule has 2 saturated heterocycles. The van der Waals surface area contributed by atoms with Crippen LogP contribution in [0.15, 0.2) is 54.6 Å². The second kappa shape index (κ2) is 9.24. The Kier molecular flexibility index (Phi) is 6.49. The van der Waals surface area contributed by atoms with Gasteiger partial charge in [-0.2, -0.15) is 0 Å². The third-order valence-corrected chi connectivity index (χ3v) is 6.76. The zero-order chi connectivity index (χ0) is 19.3. The third-order valence-electron chi connectivity index (χ3n) is 6.76. The molecule has 4 rings (SSSR count). The van der Waals surface area contributed by atoms with Crippen LogP contribution in [0.5, 0.6) is 0 Å². The monoisotopic (exact) mass is 377 g/mol. The van der Waals surface area contributed by atoms with E-state index in [1.165, 1.54) is 61.8 Å². The first-order valence-corrected chi connectivity index (χ1v) is 11.3. The van der Waals surface area contributed by atoms with E-state index in [2.05, 4.69) is 73.3 Å². The standard InChI is InChI=1S/C26H35NO/c1-3-5-17-27-22-15-16-23(27)19-24(18-22)28-26(21-12-7-6-8-13-21)25-14-10-9-11-20(25)4-2/h6-14,22-24,26H,3-5,15-19H2,1-2H3/t22-,23+,24?,26?. The van der Waals surface area contributed by atoms with Crippen molar-refractivity contribution >= 4 is 0 Å². The molecule has 0 amide bonds. The molecule has 150 valence electrons. The van der Waals surface area contributed by atoms with E-state index in [0.29, 0.717) is 6.10 Å². The topological polar surface area (TPSA) is 12.5 Å². The number of piperidine rings is 1. The average Bonchev–Trinajstić information content (AvgIpc) is 2.98. The van der Waals surface area contributed by atoms with Gasteiger partial charge in [-0.05, 0) is 61.8 Å². The summed E-state index contributed by atoms with van der Waals surface area (Å²) < 4.78 is 6.91. The van der Waals surface area contributed by atoms with Crippen LogP contribution >= 0.6 is 0 Å². The molecule has 2 aliphatic rings. The SMILES string of the molecule is CCCCN1[C@@H]2CC[C@H]1CC(OC(c1ccccc1)c1ccccc1CC)C2. The quantitative estimate of drug-likeness (QED) is 0.547. The lowest BCUT2D eigenvalue weighted by Crippen LogP contribution is -2.46. The molecule has 0 N–H and O–H groups in total. The Hall–Kier alpha value is -1.64. The first-order chi connectivity index (χ1) is 13.8. The van der Waals surface area contributed by atoms with Gasteiger partial charge in [-0.25, -0.2) is 0 Å². The zero-order valence-corrected chi connectivity index (χ0v) is 17.5. The highest BCUT2D eigenvalue weighted by Gasteiger charge is 2.41. The van der Waals surface area contributed by atoms with Crippen LogP contribution in [0.4, 0.5) is 0 Å². The van der Waals surface area contributed by atoms with Gasteiger partial charge in [0.05, 0.1) is 6.10 Å². The van der Waals surface area contributed by atoms with Crippen molar-refractivity contribution in [3.8, 4) is 0 Å². The van der Waals surface area contributed by atoms with Crippen LogP contribution in [0.25, 0.3) is 0 Å². The Morgan fingerprint density at radius 3 is 2.29 bits per heavy atom. The van der Waals surface area contributed by atoms with Gasteiger partial charge in [0.1, 0.15) is 6.10 Å². The first kappa shape index (κ1) is 19.7. The van der Waals surface area contributed by atoms with Gasteiger partial charge in [-0.15, -0.1) is 0 Å². The van der Waals surface area contributed by atoms with Gasteiger partial charge in [0.15, 0.2) is 0 Å². The summed E-state index contributed by atoms with van der Waals surface area (Å²) in [5, 5.41) is 0. The maximum Gasteiger partial charge on any atom is 0.108 e. The van der Waals surface area contributed by atoms with Gasteiger partial charge < -0.3 is 4.74 Å². The van der Waals surface area contributed by atoms with Crippen LogP contribution in [-0.2, 0) is 11.2 Å². The third kappa shape index (κ3) is 4.18. The Balaban J connectivity index is 1.54. The predicted molar refractivity (Wildman–Crippen MR) is 117 cm³/mol. The minimum Gasteiger partial charge on any atom is -0.365 e. The van der Waals surface area contributed by atoms with Crippen molar-refractivity contribution in [1.29, 1.82) is 0 Å². The smallest absolute Gasteiger partial charge is 0.108 e. The summed E-state index contributed by atoms with van der Waals surface area (Å²) in [6.07, 6.45) is 9.18. The van der Waals surface area contributed by atoms with Crippen molar-refractivity contribution in [2.75, 3.05) is 6.54 Å². The minimum absolute atomic E-state index is 0.0453. The molecule has 0 radical (unpaired) electrons. The highest BCUT2D eigenvalue weighted by atomic mass is 16.5. The van der Waals surface area contributed by atoms with Crippen molar-refractivity contribution in [2.24, 2.45) is 0 Å². The normalized spacial score (nSPS) is 25.7. The number of benzene rings is 2. The van der Waals surface area contributed by atoms with Crippen LogP contribution in [0.1, 0.15) is 75.2 Å². The van der Waals surface area contributed by atoms with E-state index in [9.17, 15) is 0 Å². The summed E-state index contributed by atoms with van der Waals surface area (Å²) >= 11 is 0. The van der Waals surface area contributed by atoms with Crippen LogP contribution < -0.4 is 0 Å². The van der Waals surface area contributed by atoms with Crippen LogP contribution in [0, 0.1) is 0 Å². The van der Waals surface area contributed by atoms with E-state index in [4.69, 9.17) is 4.74 Å². The van der Waals surface area contributed by atoms with E-state index in [1.54, 1.807) is 0 Å². The highest BCUT2D eigenvalue weighted by Crippen LogP contribution is 2.40. The Morgan fingerprint density at radius 1 is 0.929 bits per heavy atom. The fraction of sp³-hybridized carbons (Fsp3) is 0.538. The predicted octanol–water partition coefficient (Wildman–Crippen LogP) is 6.15. The van der Waals surface area contributed by atoms with Gasteiger partial charge in [0.25, 0.3) is 0 Å². The second-order valence-corrected chi connectivity index (χ2v) is 8.55. The lowest BCUT2D eigenvalue weighted by Gasteiger charge is -2.40. The van der Waals surface area contributed by atoms with E-state index >= 15 is 0 Å². The molecule has 2 nitrogen and oxygen atoms in total. The number of aryl methyl sites for hydroxylation is 1. The molecular weight excluding hydrogens is 342 g/mol. The Morgan fingerprint density at radius 2 is 1.61 bits per heavy atom. The van der Waals surface area contributed by atoms with E-state index in [0.717, 1.165) is 18.5 Å². The van der Waals surface area contributed by atoms with Crippen molar-refractivity contribution in [2.45, 2.75) is 83.1 Å². The molecule has 28 heavy (non-hydrogen) atoms. The molecule has 0 aromatic heterocycles. The molecule has 2 heterocycles. The summed E-state index contributed by atoms with van der Waals surface area (Å²) in [4.78, 5) is 2.79. The highest BCUT2D eigenvalue weighted by molar-refractivity contribution is 5.36. The number of ether oxygens (including phenoxy) is 1. The van der Waals surface area contributed by atoms with Crippen molar-refractivity contribution in [1.82, 2.24) is 4.90 Å². The van der Waals surface area contributed by atoms with E-state index < -0.39 is 0 Å². The summed E-state index contributed by atoms with van der Waals surface area (Å²) in [6, 6.07) is 21.1. The second-order valence-electron chi connectivity index (χ2n) is 8.55. The van der Waals surface area contributed by atoms with Crippen molar-refractivity contribution < 1.29 is 4.74 Å². The van der Waals surface area contributed by atoms with E-state index in [-0.39, 0.29) is 6.10 Å². The lowest BCUT2D eigenvalue weighted by molar-refractivity contribution is -0.0485. The minimum atomic E-state index is 0.0453. The number of nitrogens with zero attached hydrogens (tertiary/aromatic N) is 1. The average molecular weight is 378 g/mol. The zero-order valence-electron chi connectivity index (χ0n) is 17.5. The van der Waals surface area contributed by atoms with Gasteiger partial charge in [-0.1, -0.05) is 74.9 Å². The van der Waals surface area contributed by atoms with Gasteiger partial charge in [-0.3, -0.25) is 4.90 Å². The maximum atomic E-state index is 6.91. The number of hydrogen-bond donors (Lipinski definition) is 0. The fourth-order valence-electron chi connectivity index (χ4n) is 5.30. The number of unbranched alkanes of at least 4 members (excludes halogenated alkanes) is 1. The molecule has 2 aromatic rings. The largest absolute Gasteiger partial charge is 0.365 e. The Bertz CT molecular complexity index is 729. The van der Waals surface area contributed by atoms with Crippen LogP contribution in [-0.4, -0.2) is 29.6 Å². The number of hydrogen-bond acceptors (Lipinski definition) is 2. The molecule has 4 atom stereocenters. The number of fused-ring (bicyclic) bond motifs is 2. The molecule has 2 aliphatic heterocycles. The molecule has 2 fully saturated rings. The van der Waals surface area contributed by atoms with Crippen LogP contribution in [0.2, 0.25) is 0 Å². The number of rotatable bonds is 8. The molecule has 0 saturated carbocycles. The Labute approximate surface area is 170 Å². The summed E-state index contributed by atoms with van der Waals surface area (Å²) in [7, 11) is 0. The molecule has 2 bridgehead atoms. The maximum absolute atomic E-state index is 6.91. The molecule has 2 heteroatoms. The molecule has 0 spiro atoms.